The highest BCUT2D eigenvalue weighted by atomic mass is 16.1. The Labute approximate surface area is 581 Å². The Morgan fingerprint density at radius 1 is 0.400 bits per heavy atom. The molecule has 12 aromatic heterocycles. The molecule has 12 aromatic rings. The third-order valence-electron chi connectivity index (χ3n) is 21.0. The Morgan fingerprint density at radius 3 is 1.04 bits per heavy atom. The summed E-state index contributed by atoms with van der Waals surface area (Å²) in [6.45, 7) is 32.5. The first-order chi connectivity index (χ1) is 48.3. The van der Waals surface area contributed by atoms with Crippen molar-refractivity contribution >= 4 is 50.6 Å². The largest absolute Gasteiger partial charge is 0.367 e. The fourth-order valence-electron chi connectivity index (χ4n) is 15.5. The van der Waals surface area contributed by atoms with Crippen LogP contribution in [0.15, 0.2) is 124 Å². The van der Waals surface area contributed by atoms with Crippen molar-refractivity contribution in [3.63, 3.8) is 0 Å². The Balaban J connectivity index is 0.000000122. The zero-order valence-electron chi connectivity index (χ0n) is 59.5. The summed E-state index contributed by atoms with van der Waals surface area (Å²) in [6.07, 6.45) is 20.7. The summed E-state index contributed by atoms with van der Waals surface area (Å²) in [5.74, 6) is 0. The van der Waals surface area contributed by atoms with Gasteiger partial charge in [-0.15, -0.1) is 0 Å². The quantitative estimate of drug-likeness (QED) is 0.111. The number of hydrogen-bond donors (Lipinski definition) is 0. The smallest absolute Gasteiger partial charge is 0.258 e. The lowest BCUT2D eigenvalue weighted by atomic mass is 9.89. The van der Waals surface area contributed by atoms with Crippen LogP contribution >= 0.6 is 0 Å². The van der Waals surface area contributed by atoms with Crippen LogP contribution in [-0.4, -0.2) is 182 Å². The first-order valence-corrected chi connectivity index (χ1v) is 36.0. The van der Waals surface area contributed by atoms with Crippen molar-refractivity contribution in [2.24, 2.45) is 0 Å². The first kappa shape index (κ1) is 66.1. The van der Waals surface area contributed by atoms with Gasteiger partial charge in [0.1, 0.15) is 34.0 Å². The second kappa shape index (κ2) is 27.0. The molecular formula is C76H91N21O3. The van der Waals surface area contributed by atoms with Gasteiger partial charge >= 0.3 is 0 Å². The van der Waals surface area contributed by atoms with E-state index in [-0.39, 0.29) is 16.7 Å². The summed E-state index contributed by atoms with van der Waals surface area (Å²) in [5.41, 5.74) is 17.2. The summed E-state index contributed by atoms with van der Waals surface area (Å²) >= 11 is 0. The summed E-state index contributed by atoms with van der Waals surface area (Å²) in [5, 5.41) is 14.0. The van der Waals surface area contributed by atoms with Crippen molar-refractivity contribution in [3.8, 4) is 34.2 Å². The summed E-state index contributed by atoms with van der Waals surface area (Å²) in [7, 11) is 0. The number of piperazine rings is 3. The molecule has 15 heterocycles. The maximum atomic E-state index is 13.1. The molecule has 0 spiro atoms. The van der Waals surface area contributed by atoms with E-state index in [9.17, 15) is 14.4 Å². The summed E-state index contributed by atoms with van der Waals surface area (Å²) in [6, 6.07) is 26.3. The molecule has 2 saturated carbocycles. The number of aryl methyl sites for hydroxylation is 6. The molecule has 0 radical (unpaired) electrons. The normalized spacial score (nSPS) is 19.0. The maximum absolute atomic E-state index is 13.1. The fraction of sp³-hybridized carbons (Fsp3) is 0.447. The summed E-state index contributed by atoms with van der Waals surface area (Å²) in [4.78, 5) is 82.3. The van der Waals surface area contributed by atoms with E-state index in [2.05, 4.69) is 133 Å². The van der Waals surface area contributed by atoms with Crippen LogP contribution in [0.3, 0.4) is 0 Å². The van der Waals surface area contributed by atoms with Gasteiger partial charge in [0.25, 0.3) is 16.7 Å². The Kier molecular flexibility index (Phi) is 17.9. The molecule has 0 bridgehead atoms. The van der Waals surface area contributed by atoms with E-state index in [1.807, 2.05) is 108 Å². The molecular weight excluding hydrogens is 1250 g/mol. The molecule has 24 nitrogen and oxygen atoms in total. The van der Waals surface area contributed by atoms with Crippen molar-refractivity contribution in [1.82, 2.24) is 86.6 Å². The van der Waals surface area contributed by atoms with E-state index in [0.717, 1.165) is 158 Å². The minimum Gasteiger partial charge on any atom is -0.367 e. The van der Waals surface area contributed by atoms with Gasteiger partial charge in [0.15, 0.2) is 0 Å². The van der Waals surface area contributed by atoms with Gasteiger partial charge in [-0.25, -0.2) is 28.5 Å². The van der Waals surface area contributed by atoms with Crippen molar-refractivity contribution in [2.45, 2.75) is 164 Å². The number of hydrogen-bond acceptors (Lipinski definition) is 18. The molecule has 3 atom stereocenters. The molecule has 0 N–H and O–H groups in total. The fourth-order valence-corrected chi connectivity index (χ4v) is 15.5. The van der Waals surface area contributed by atoms with E-state index < -0.39 is 0 Å². The van der Waals surface area contributed by atoms with E-state index in [1.165, 1.54) is 32.1 Å². The zero-order valence-corrected chi connectivity index (χ0v) is 59.5. The molecule has 0 amide bonds. The summed E-state index contributed by atoms with van der Waals surface area (Å²) < 4.78 is 10.5. The van der Waals surface area contributed by atoms with Crippen LogP contribution in [0, 0.1) is 20.8 Å². The number of pyridine rings is 3. The first-order valence-electron chi connectivity index (χ1n) is 36.0. The van der Waals surface area contributed by atoms with Crippen LogP contribution in [0.2, 0.25) is 0 Å². The highest BCUT2D eigenvalue weighted by Gasteiger charge is 2.36. The third kappa shape index (κ3) is 13.0. The average Bonchev–Trinajstić information content (AvgIpc) is 1.45. The monoisotopic (exact) mass is 1350 g/mol. The van der Waals surface area contributed by atoms with Crippen LogP contribution < -0.4 is 31.4 Å². The number of rotatable bonds is 12. The lowest BCUT2D eigenvalue weighted by Crippen LogP contribution is -2.57. The Morgan fingerprint density at radius 2 is 0.740 bits per heavy atom. The molecule has 0 unspecified atom stereocenters. The van der Waals surface area contributed by atoms with Crippen molar-refractivity contribution < 1.29 is 0 Å². The maximum Gasteiger partial charge on any atom is 0.258 e. The van der Waals surface area contributed by atoms with Crippen LogP contribution in [0.5, 0.6) is 0 Å². The molecule has 5 aliphatic rings. The van der Waals surface area contributed by atoms with Gasteiger partial charge in [0.2, 0.25) is 0 Å². The second-order valence-electron chi connectivity index (χ2n) is 28.4. The van der Waals surface area contributed by atoms with Crippen molar-refractivity contribution in [1.29, 1.82) is 0 Å². The van der Waals surface area contributed by atoms with E-state index in [1.54, 1.807) is 31.4 Å². The highest BCUT2D eigenvalue weighted by Crippen LogP contribution is 2.33. The molecule has 24 heteroatoms. The van der Waals surface area contributed by atoms with Gasteiger partial charge in [0.05, 0.1) is 103 Å². The lowest BCUT2D eigenvalue weighted by Gasteiger charge is -2.47. The number of anilines is 3. The topological polar surface area (TPSA) is 213 Å². The van der Waals surface area contributed by atoms with Crippen LogP contribution in [0.25, 0.3) is 67.7 Å². The van der Waals surface area contributed by atoms with E-state index in [4.69, 9.17) is 15.0 Å². The molecule has 518 valence electrons. The molecule has 3 saturated heterocycles. The van der Waals surface area contributed by atoms with Gasteiger partial charge in [-0.05, 0) is 155 Å². The van der Waals surface area contributed by atoms with Crippen molar-refractivity contribution in [2.75, 3.05) is 73.6 Å². The SMILES string of the molecule is CCc1nc(C)cn2nc(-c3cc(=O)n4cc(N5CCN(C(C)C)[C@H](C)C5)ccc4n3)cc12.CCc1nc(C)cn2nc(-c3cc(=O)n4cc(N5CCN(C6CC6)[C@H](C)C5)ccc4n3)cc12.CCc1nc(C)cn2nc(-c3cc(=O)n4cc(N5CCN(C6CCC6)[C@H](C)C5)ccc4n3)cc12. The predicted molar refractivity (Wildman–Crippen MR) is 394 cm³/mol. The van der Waals surface area contributed by atoms with E-state index >= 15 is 0 Å². The third-order valence-corrected chi connectivity index (χ3v) is 21.0. The zero-order chi connectivity index (χ0) is 69.4. The van der Waals surface area contributed by atoms with Gasteiger partial charge in [-0.2, -0.15) is 15.3 Å². The minimum atomic E-state index is -0.104. The Bertz CT molecular complexity index is 5060. The molecule has 5 fully saturated rings. The van der Waals surface area contributed by atoms with Crippen LogP contribution in [0.4, 0.5) is 17.1 Å². The van der Waals surface area contributed by atoms with Crippen LogP contribution in [-0.2, 0) is 19.3 Å². The van der Waals surface area contributed by atoms with Gasteiger partial charge in [-0.1, -0.05) is 27.2 Å². The van der Waals surface area contributed by atoms with E-state index in [0.29, 0.717) is 75.3 Å². The molecule has 2 aliphatic carbocycles. The number of aromatic nitrogens is 15. The molecule has 3 aliphatic heterocycles. The average molecular weight is 1350 g/mol. The molecule has 0 aromatic carbocycles. The van der Waals surface area contributed by atoms with Gasteiger partial charge in [0, 0.05) is 132 Å². The second-order valence-corrected chi connectivity index (χ2v) is 28.4. The van der Waals surface area contributed by atoms with Gasteiger partial charge < -0.3 is 14.7 Å². The van der Waals surface area contributed by atoms with Crippen molar-refractivity contribution in [3.05, 3.63) is 175 Å². The Hall–Kier alpha value is -9.78. The predicted octanol–water partition coefficient (Wildman–Crippen LogP) is 9.48. The molecule has 100 heavy (non-hydrogen) atoms. The number of fused-ring (bicyclic) bond motifs is 6. The molecule has 17 rings (SSSR count). The minimum absolute atomic E-state index is 0.0925. The highest BCUT2D eigenvalue weighted by molar-refractivity contribution is 5.70. The lowest BCUT2D eigenvalue weighted by molar-refractivity contribution is 0.0775. The number of nitrogens with zero attached hydrogens (tertiary/aromatic N) is 21. The van der Waals surface area contributed by atoms with Crippen LogP contribution in [0.1, 0.15) is 122 Å². The van der Waals surface area contributed by atoms with Gasteiger partial charge in [-0.3, -0.25) is 57.2 Å². The standard InChI is InChI=1S/C26H31N7O.C25H29N7O.C25H31N7O/c1-4-21-24-12-23(29-33(24)14-17(2)27-21)22-13-26(34)32-16-20(8-9-25(32)28-22)30-10-11-31(18(3)15-30)19-6-5-7-19;1-4-20-23-11-22(28-32(23)13-16(2)26-20)21-12-25(33)31-15-19(7-8-24(31)27-21)29-9-10-30(17(3)14-29)18-5-6-18;1-6-20-23-11-22(28-32(23)13-17(4)26-20)21-12-25(33)31-15-19(7-8-24(31)27-21)29-9-10-30(16(2)3)18(5)14-29/h8-9,12-14,16,18-19H,4-7,10-11,15H2,1-3H3;7-8,11-13,15,17-18H,4-6,9-10,14H2,1-3H3;7-8,11-13,15-16,18H,6,9-10,14H2,1-5H3/t18-;17-;18-/m111/s1.